The topological polar surface area (TPSA) is 640 Å². The number of hydrogen-bond donors (Lipinski definition) is 6. The van der Waals surface area contributed by atoms with Crippen LogP contribution in [0.15, 0.2) is 243 Å². The Labute approximate surface area is 839 Å². The third kappa shape index (κ3) is 47.4. The van der Waals surface area contributed by atoms with E-state index in [1.54, 1.807) is 96.9 Å². The fourth-order valence-corrected chi connectivity index (χ4v) is 13.1. The van der Waals surface area contributed by atoms with Crippen LogP contribution in [0.2, 0.25) is 0 Å². The number of anilines is 3. The number of rotatable bonds is 46. The van der Waals surface area contributed by atoms with E-state index in [1.165, 1.54) is 138 Å². The Morgan fingerprint density at radius 3 is 0.889 bits per heavy atom. The lowest BCUT2D eigenvalue weighted by atomic mass is 10.0. The molecule has 5 unspecified atom stereocenters. The van der Waals surface area contributed by atoms with Gasteiger partial charge in [0.05, 0.1) is 78.0 Å². The number of esters is 5. The van der Waals surface area contributed by atoms with Gasteiger partial charge in [0.25, 0.3) is 34.1 Å². The van der Waals surface area contributed by atoms with Gasteiger partial charge < -0.3 is 69.9 Å². The Morgan fingerprint density at radius 2 is 0.611 bits per heavy atom. The molecule has 0 aliphatic heterocycles. The summed E-state index contributed by atoms with van der Waals surface area (Å²) < 4.78 is 99.5. The summed E-state index contributed by atoms with van der Waals surface area (Å²) in [4.78, 5) is 126. The van der Waals surface area contributed by atoms with E-state index in [1.807, 2.05) is 91.5 Å². The number of nitrogens with two attached hydrogens (primary N) is 3. The fourth-order valence-electron chi connectivity index (χ4n) is 12.4. The standard InChI is InChI=1S/C21H28N2O5S.C19H21N3O7.C19H25N3O3.C18H19N3O7.C10H12N2O4.C8H8BrNO3.HNO2S/c1-16-5-7-17(8-6-16)15-20(21(24)27-3)23(2)13-14-28-19-11-9-18(10-12-19)22-29(4,25)26;1-20(11-12-29-17-9-7-16(8-10-17)22(26)27)18(19(23)28-2)13-14-3-5-15(6-4-14)21(24)25;1-22(11-12-25-17-9-7-16(21)8-10-17)18(19(23)24-2)13-14-3-5-15(20)6-4-14;1-27-18(22)17(12-13-2-4-14(5-3-13)20(23)24)19-10-11-28-16-8-6-15(7-9-16)21(25)26;1-16-10(13)9(11)6-7-2-4-8(5-3-7)12(14)15;9-5-6-13-8-3-1-7(2-4-8)10(11)12;1-4(2)3/h5-12,20,22H,13-15H2,1-4H3;3-10,18H,11-13H2,1-2H3;3-10,18H,11-13,20-21H2,1-2H3;2-9,17,19H,10-12H2,1H3;2-5,9H,6,11H2,1H3;1-4H,5-6H2;1H. The second-order valence-electron chi connectivity index (χ2n) is 30.6. The van der Waals surface area contributed by atoms with Crippen molar-refractivity contribution in [1.29, 1.82) is 4.78 Å². The lowest BCUT2D eigenvalue weighted by molar-refractivity contribution is -0.385. The van der Waals surface area contributed by atoms with Crippen LogP contribution in [0.3, 0.4) is 0 Å². The lowest BCUT2D eigenvalue weighted by Crippen LogP contribution is -2.42. The second-order valence-corrected chi connectivity index (χ2v) is 33.6. The second kappa shape index (κ2) is 64.5. The Morgan fingerprint density at radius 1 is 0.375 bits per heavy atom. The van der Waals surface area contributed by atoms with Crippen LogP contribution in [-0.2, 0) is 100 Å². The van der Waals surface area contributed by atoms with Crippen LogP contribution >= 0.6 is 15.9 Å². The molecule has 0 spiro atoms. The van der Waals surface area contributed by atoms with Gasteiger partial charge in [0.2, 0.25) is 10.0 Å². The van der Waals surface area contributed by atoms with Crippen LogP contribution < -0.4 is 50.9 Å². The highest BCUT2D eigenvalue weighted by Crippen LogP contribution is 2.25. The number of nitro benzene ring substituents is 6. The summed E-state index contributed by atoms with van der Waals surface area (Å²) in [6.07, 6.45) is 3.10. The molecule has 10 rings (SSSR count). The number of hydrogen-bond acceptors (Lipinski definition) is 39. The number of ether oxygens (including phenoxy) is 10. The van der Waals surface area contributed by atoms with E-state index in [4.69, 9.17) is 73.0 Å². The number of benzene rings is 10. The Balaban J connectivity index is 0.000000363. The first-order valence-electron chi connectivity index (χ1n) is 43.2. The van der Waals surface area contributed by atoms with E-state index in [-0.39, 0.29) is 65.3 Å². The monoisotopic (exact) mass is 2100 g/mol. The van der Waals surface area contributed by atoms with Crippen molar-refractivity contribution in [3.05, 3.63) is 337 Å². The zero-order valence-electron chi connectivity index (χ0n) is 80.2. The molecule has 144 heavy (non-hydrogen) atoms. The first kappa shape index (κ1) is 121. The molecule has 10 aromatic carbocycles. The molecule has 0 saturated carbocycles. The smallest absolute Gasteiger partial charge is 0.323 e. The van der Waals surface area contributed by atoms with E-state index in [9.17, 15) is 93.1 Å². The van der Waals surface area contributed by atoms with E-state index in [2.05, 4.69) is 30.7 Å². The Bertz CT molecular complexity index is 5950. The molecular formula is C95H114BrN15O31S2. The molecule has 46 nitrogen and oxygen atoms in total. The molecule has 9 N–H and O–H groups in total. The molecule has 0 fully saturated rings. The fraction of sp³-hybridized carbons (Fsp3) is 0.316. The molecule has 0 bridgehead atoms. The number of nitrogens with zero attached hydrogens (tertiary/aromatic N) is 9. The maximum absolute atomic E-state index is 12.2. The van der Waals surface area contributed by atoms with Crippen LogP contribution in [0.4, 0.5) is 51.2 Å². The molecule has 0 aliphatic rings. The van der Waals surface area contributed by atoms with Gasteiger partial charge in [-0.1, -0.05) is 94.3 Å². The van der Waals surface area contributed by atoms with Crippen molar-refractivity contribution in [2.45, 2.75) is 69.2 Å². The minimum absolute atomic E-state index is 0.00962. The van der Waals surface area contributed by atoms with Crippen molar-refractivity contribution in [3.8, 4) is 28.7 Å². The van der Waals surface area contributed by atoms with Gasteiger partial charge in [-0.05, 0) is 185 Å². The number of halogens is 1. The number of carbonyl (C=O) groups is 5. The van der Waals surface area contributed by atoms with Gasteiger partial charge in [0, 0.05) is 121 Å². The van der Waals surface area contributed by atoms with Gasteiger partial charge in [0.15, 0.2) is 0 Å². The quantitative estimate of drug-likeness (QED) is 0.00392. The lowest BCUT2D eigenvalue weighted by Gasteiger charge is -2.26. The van der Waals surface area contributed by atoms with Gasteiger partial charge >= 0.3 is 40.3 Å². The third-order valence-electron chi connectivity index (χ3n) is 20.2. The van der Waals surface area contributed by atoms with E-state index in [0.29, 0.717) is 118 Å². The third-order valence-corrected chi connectivity index (χ3v) is 21.1. The van der Waals surface area contributed by atoms with Crippen molar-refractivity contribution in [3.63, 3.8) is 0 Å². The van der Waals surface area contributed by atoms with Crippen molar-refractivity contribution in [2.75, 3.05) is 144 Å². The number of nitrogens with one attached hydrogen (secondary N) is 3. The number of likely N-dealkylation sites (N-methyl/N-ethyl adjacent to an activating group) is 3. The molecule has 49 heteroatoms. The van der Waals surface area contributed by atoms with Gasteiger partial charge in [-0.25, -0.2) is 8.42 Å². The highest BCUT2D eigenvalue weighted by molar-refractivity contribution is 9.09. The predicted octanol–water partition coefficient (Wildman–Crippen LogP) is 11.9. The van der Waals surface area contributed by atoms with Crippen molar-refractivity contribution in [1.82, 2.24) is 20.0 Å². The van der Waals surface area contributed by atoms with Gasteiger partial charge in [-0.2, -0.15) is 13.2 Å². The van der Waals surface area contributed by atoms with Crippen LogP contribution in [0.5, 0.6) is 28.7 Å². The summed E-state index contributed by atoms with van der Waals surface area (Å²) in [5, 5.41) is 67.2. The SMILES string of the molecule is COC(=O)C(Cc1ccc(C)cc1)N(C)CCOc1ccc(NS(C)(=O)=O)cc1.COC(=O)C(Cc1ccc(N)cc1)N(C)CCOc1ccc(N)cc1.COC(=O)C(Cc1ccc([N+](=O)[O-])cc1)N(C)CCOc1ccc([N+](=O)[O-])cc1.COC(=O)C(Cc1ccc([N+](=O)[O-])cc1)NCCOc1ccc([N+](=O)[O-])cc1.COC(=O)C(N)Cc1ccc([N+](=O)[O-])cc1.N=S(=O)=O.O=[N+]([O-])c1ccc(OCCBr)cc1. The molecule has 0 aromatic heterocycles. The van der Waals surface area contributed by atoms with Crippen molar-refractivity contribution < 1.29 is 118 Å². The summed E-state index contributed by atoms with van der Waals surface area (Å²) in [5.74, 6) is 1.00. The first-order chi connectivity index (χ1) is 68.4. The maximum Gasteiger partial charge on any atom is 0.323 e. The number of nitro groups is 6. The molecule has 0 radical (unpaired) electrons. The average molecular weight is 2110 g/mol. The van der Waals surface area contributed by atoms with Crippen LogP contribution in [0.1, 0.15) is 33.4 Å². The number of aryl methyl sites for hydroxylation is 1. The molecule has 774 valence electrons. The summed E-state index contributed by atoms with van der Waals surface area (Å²) in [5.41, 5.74) is 24.3. The Kier molecular flexibility index (Phi) is 54.0. The summed E-state index contributed by atoms with van der Waals surface area (Å²) in [6, 6.07) is 61.9. The molecule has 0 saturated heterocycles. The zero-order valence-corrected chi connectivity index (χ0v) is 83.4. The number of nitrogen functional groups attached to an aromatic ring is 2. The zero-order chi connectivity index (χ0) is 107. The van der Waals surface area contributed by atoms with Crippen molar-refractivity contribution in [2.24, 2.45) is 5.73 Å². The predicted molar refractivity (Wildman–Crippen MR) is 537 cm³/mol. The molecule has 0 aliphatic carbocycles. The molecule has 10 aromatic rings. The first-order valence-corrected chi connectivity index (χ1v) is 47.3. The normalized spacial score (nSPS) is 11.5. The van der Waals surface area contributed by atoms with E-state index < -0.39 is 92.1 Å². The highest BCUT2D eigenvalue weighted by atomic mass is 79.9. The molecule has 0 heterocycles. The number of non-ortho nitro benzene ring substituents is 6. The number of alkyl halides is 1. The van der Waals surface area contributed by atoms with Crippen LogP contribution in [0, 0.1) is 72.4 Å². The van der Waals surface area contributed by atoms with Gasteiger partial charge in [0.1, 0.15) is 85.4 Å². The van der Waals surface area contributed by atoms with Crippen molar-refractivity contribution >= 4 is 117 Å². The van der Waals surface area contributed by atoms with Crippen LogP contribution in [0.25, 0.3) is 0 Å². The largest absolute Gasteiger partial charge is 0.493 e. The van der Waals surface area contributed by atoms with Gasteiger partial charge in [-0.15, -0.1) is 0 Å². The van der Waals surface area contributed by atoms with Crippen LogP contribution in [-0.4, -0.2) is 249 Å². The number of methoxy groups -OCH3 is 5. The molecule has 0 amide bonds. The highest BCUT2D eigenvalue weighted by Gasteiger charge is 2.29. The number of sulfonamides is 1. The summed E-state index contributed by atoms with van der Waals surface area (Å²) in [6.45, 7) is 5.70. The van der Waals surface area contributed by atoms with E-state index in [0.717, 1.165) is 45.2 Å². The number of carbonyl (C=O) groups excluding carboxylic acids is 5. The minimum Gasteiger partial charge on any atom is -0.493 e. The summed E-state index contributed by atoms with van der Waals surface area (Å²) in [7, 11) is 6.19. The van der Waals surface area contributed by atoms with E-state index >= 15 is 0 Å². The summed E-state index contributed by atoms with van der Waals surface area (Å²) >= 11 is 3.21. The molecular weight excluding hydrogens is 1990 g/mol. The minimum atomic E-state index is -3.31. The van der Waals surface area contributed by atoms with Gasteiger partial charge in [-0.3, -0.25) is 104 Å². The Hall–Kier alpha value is -15.8. The maximum atomic E-state index is 12.2. The molecule has 5 atom stereocenters. The average Bonchev–Trinajstić information content (AvgIpc) is 0.864.